The van der Waals surface area contributed by atoms with Crippen molar-refractivity contribution in [2.45, 2.75) is 47.9 Å². The molecule has 10 rings (SSSR count). The van der Waals surface area contributed by atoms with Crippen molar-refractivity contribution >= 4 is 99.1 Å². The van der Waals surface area contributed by atoms with Crippen LogP contribution in [0.25, 0.3) is 33.2 Å². The Morgan fingerprint density at radius 1 is 0.557 bits per heavy atom. The summed E-state index contributed by atoms with van der Waals surface area (Å²) in [5, 5.41) is 14.6. The molecule has 0 saturated carbocycles. The van der Waals surface area contributed by atoms with E-state index in [2.05, 4.69) is 41.0 Å². The molecule has 6 aromatic heterocycles. The van der Waals surface area contributed by atoms with Crippen LogP contribution < -0.4 is 41.8 Å². The van der Waals surface area contributed by atoms with Gasteiger partial charge in [-0.1, -0.05) is 0 Å². The molecule has 0 aliphatic carbocycles. The van der Waals surface area contributed by atoms with Crippen LogP contribution in [0.4, 0.5) is 32.3 Å². The lowest BCUT2D eigenvalue weighted by atomic mass is 10.1. The summed E-state index contributed by atoms with van der Waals surface area (Å²) in [5.41, 5.74) is 2.05. The standard InChI is InChI=1S/C27H30N6O5S2.C27H30N6O4S2/c1-19-3-8-25(39-19)40(36,37)31-27(35)30-22-5-7-24(29-18-22)33-12-9-20-17-21(4-6-23(20)26(33)34)28-10-2-11-32-13-15-38-16-14-32;1-19-5-10-25(38-19)39(36,37)31-27(35)30-22-7-9-24(29-18-22)33-16-11-20-17-21(6-8-23(20)26(33)34)28-12-4-15-32-13-2-3-14-32/h3-9,12,17-18,28H,2,10-11,13-16H2,1H3,(H2,30,31,35);5-11,16-18,28H,2-4,12-15H2,1H3,(H2,30,31,35). The van der Waals surface area contributed by atoms with E-state index in [4.69, 9.17) is 4.74 Å². The van der Waals surface area contributed by atoms with Crippen molar-refractivity contribution in [1.29, 1.82) is 0 Å². The van der Waals surface area contributed by atoms with Gasteiger partial charge < -0.3 is 30.9 Å². The monoisotopic (exact) mass is 1150 g/mol. The minimum Gasteiger partial charge on any atom is -0.385 e. The number of urea groups is 2. The molecular formula is C54H60N12O9S4. The van der Waals surface area contributed by atoms with Crippen molar-refractivity contribution in [3.8, 4) is 11.6 Å². The second kappa shape index (κ2) is 25.5. The van der Waals surface area contributed by atoms with E-state index < -0.39 is 32.1 Å². The number of morpholine rings is 1. The van der Waals surface area contributed by atoms with Gasteiger partial charge in [0, 0.05) is 70.5 Å². The average molecular weight is 1150 g/mol. The number of hydrogen-bond acceptors (Lipinski definition) is 17. The lowest BCUT2D eigenvalue weighted by Crippen LogP contribution is -2.37. The first-order chi connectivity index (χ1) is 38.1. The zero-order chi connectivity index (χ0) is 55.5. The molecular weight excluding hydrogens is 1090 g/mol. The van der Waals surface area contributed by atoms with Gasteiger partial charge in [-0.25, -0.2) is 45.8 Å². The minimum atomic E-state index is -3.97. The molecule has 0 unspecified atom stereocenters. The molecule has 2 aromatic carbocycles. The van der Waals surface area contributed by atoms with Crippen LogP contribution in [0.3, 0.4) is 0 Å². The largest absolute Gasteiger partial charge is 0.385 e. The Morgan fingerprint density at radius 2 is 0.987 bits per heavy atom. The Bertz CT molecular complexity index is 3800. The first-order valence-electron chi connectivity index (χ1n) is 25.6. The highest BCUT2D eigenvalue weighted by atomic mass is 32.3. The van der Waals surface area contributed by atoms with E-state index in [-0.39, 0.29) is 30.9 Å². The number of ether oxygens (including phenoxy) is 1. The van der Waals surface area contributed by atoms with Gasteiger partial charge in [0.25, 0.3) is 31.2 Å². The number of nitrogens with zero attached hydrogens (tertiary/aromatic N) is 6. The summed E-state index contributed by atoms with van der Waals surface area (Å²) in [4.78, 5) is 65.9. The summed E-state index contributed by atoms with van der Waals surface area (Å²) in [6.07, 6.45) is 10.7. The lowest BCUT2D eigenvalue weighted by molar-refractivity contribution is 0.0378. The second-order valence-corrected chi connectivity index (χ2v) is 25.2. The molecule has 0 radical (unpaired) electrons. The maximum atomic E-state index is 13.2. The van der Waals surface area contributed by atoms with Crippen LogP contribution in [0.5, 0.6) is 0 Å². The number of pyridine rings is 4. The fraction of sp³-hybridized carbons (Fsp3) is 0.296. The van der Waals surface area contributed by atoms with Crippen LogP contribution in [-0.2, 0) is 24.8 Å². The highest BCUT2D eigenvalue weighted by molar-refractivity contribution is 7.92. The number of aryl methyl sites for hydroxylation is 2. The predicted molar refractivity (Wildman–Crippen MR) is 311 cm³/mol. The number of benzene rings is 2. The van der Waals surface area contributed by atoms with E-state index >= 15 is 0 Å². The number of hydrogen-bond donors (Lipinski definition) is 6. The van der Waals surface area contributed by atoms with Crippen molar-refractivity contribution in [2.24, 2.45) is 0 Å². The second-order valence-electron chi connectivity index (χ2n) is 18.8. The van der Waals surface area contributed by atoms with Crippen molar-refractivity contribution in [3.05, 3.63) is 152 Å². The summed E-state index contributed by atoms with van der Waals surface area (Å²) in [6, 6.07) is 25.7. The number of carbonyl (C=O) groups is 2. The number of thiophene rings is 2. The summed E-state index contributed by atoms with van der Waals surface area (Å²) >= 11 is 2.14. The molecule has 8 aromatic rings. The molecule has 2 fully saturated rings. The Hall–Kier alpha value is -7.52. The van der Waals surface area contributed by atoms with Gasteiger partial charge in [0.15, 0.2) is 0 Å². The van der Waals surface area contributed by atoms with Gasteiger partial charge in [0.05, 0.1) is 37.0 Å². The molecule has 21 nitrogen and oxygen atoms in total. The van der Waals surface area contributed by atoms with Crippen LogP contribution in [0.1, 0.15) is 35.4 Å². The van der Waals surface area contributed by atoms with Gasteiger partial charge in [-0.3, -0.25) is 23.6 Å². The molecule has 8 heterocycles. The van der Waals surface area contributed by atoms with Crippen LogP contribution in [0.2, 0.25) is 0 Å². The van der Waals surface area contributed by atoms with Gasteiger partial charge >= 0.3 is 12.1 Å². The first kappa shape index (κ1) is 56.2. The molecule has 2 aliphatic rings. The number of aromatic nitrogens is 4. The Kier molecular flexibility index (Phi) is 18.2. The third-order valence-corrected chi connectivity index (χ3v) is 18.6. The summed E-state index contributed by atoms with van der Waals surface area (Å²) in [5.74, 6) is 0.739. The van der Waals surface area contributed by atoms with E-state index in [9.17, 15) is 36.0 Å². The van der Waals surface area contributed by atoms with Crippen LogP contribution in [-0.4, -0.2) is 123 Å². The number of amides is 4. The van der Waals surface area contributed by atoms with Crippen molar-refractivity contribution in [1.82, 2.24) is 38.3 Å². The Balaban J connectivity index is 0.000000192. The SMILES string of the molecule is Cc1ccc(S(=O)(=O)NC(=O)Nc2ccc(-n3ccc4cc(NCCCN5CCCC5)ccc4c3=O)nc2)s1.Cc1ccc(S(=O)(=O)NC(=O)Nc2ccc(-n3ccc4cc(NCCCN5CCOCC5)ccc4c3=O)nc2)s1. The average Bonchev–Trinajstić information content (AvgIpc) is 4.33. The zero-order valence-electron chi connectivity index (χ0n) is 43.4. The number of anilines is 4. The fourth-order valence-corrected chi connectivity index (χ4v) is 13.3. The number of fused-ring (bicyclic) bond motifs is 2. The van der Waals surface area contributed by atoms with Crippen LogP contribution >= 0.6 is 22.7 Å². The van der Waals surface area contributed by atoms with Crippen LogP contribution in [0, 0.1) is 13.8 Å². The Labute approximate surface area is 464 Å². The summed E-state index contributed by atoms with van der Waals surface area (Å²) in [7, 11) is -7.94. The molecule has 79 heavy (non-hydrogen) atoms. The quantitative estimate of drug-likeness (QED) is 0.0453. The molecule has 6 N–H and O–H groups in total. The number of nitrogens with one attached hydrogen (secondary N) is 6. The Morgan fingerprint density at radius 3 is 1.39 bits per heavy atom. The van der Waals surface area contributed by atoms with Crippen LogP contribution in [0.15, 0.2) is 140 Å². The van der Waals surface area contributed by atoms with Crippen molar-refractivity contribution in [3.63, 3.8) is 0 Å². The van der Waals surface area contributed by atoms with E-state index in [0.29, 0.717) is 22.4 Å². The molecule has 2 aliphatic heterocycles. The smallest absolute Gasteiger partial charge is 0.333 e. The topological polar surface area (TPSA) is 260 Å². The van der Waals surface area contributed by atoms with Gasteiger partial charge in [0.1, 0.15) is 20.1 Å². The third kappa shape index (κ3) is 14.8. The maximum Gasteiger partial charge on any atom is 0.333 e. The molecule has 0 atom stereocenters. The van der Waals surface area contributed by atoms with Gasteiger partial charge in [0.2, 0.25) is 0 Å². The molecule has 2 saturated heterocycles. The lowest BCUT2D eigenvalue weighted by Gasteiger charge is -2.26. The first-order valence-corrected chi connectivity index (χ1v) is 30.2. The number of likely N-dealkylation sites (tertiary alicyclic amines) is 1. The highest BCUT2D eigenvalue weighted by Crippen LogP contribution is 2.24. The molecule has 0 spiro atoms. The van der Waals surface area contributed by atoms with E-state index in [1.807, 2.05) is 51.9 Å². The number of sulfonamides is 2. The molecule has 25 heteroatoms. The maximum absolute atomic E-state index is 13.2. The summed E-state index contributed by atoms with van der Waals surface area (Å²) in [6.45, 7) is 13.3. The predicted octanol–water partition coefficient (Wildman–Crippen LogP) is 7.56. The van der Waals surface area contributed by atoms with Crippen molar-refractivity contribution < 1.29 is 31.2 Å². The number of carbonyl (C=O) groups excluding carboxylic acids is 2. The molecule has 414 valence electrons. The third-order valence-electron chi connectivity index (χ3n) is 13.0. The molecule has 4 amide bonds. The fourth-order valence-electron chi connectivity index (χ4n) is 8.95. The highest BCUT2D eigenvalue weighted by Gasteiger charge is 2.22. The van der Waals surface area contributed by atoms with E-state index in [0.717, 1.165) is 120 Å². The normalized spacial score (nSPS) is 14.1. The van der Waals surface area contributed by atoms with Crippen molar-refractivity contribution in [2.75, 3.05) is 86.8 Å². The van der Waals surface area contributed by atoms with Gasteiger partial charge in [-0.2, -0.15) is 0 Å². The summed E-state index contributed by atoms with van der Waals surface area (Å²) < 4.78 is 61.7. The molecule has 0 bridgehead atoms. The van der Waals surface area contributed by atoms with Gasteiger partial charge in [-0.05, 0) is 174 Å². The van der Waals surface area contributed by atoms with Gasteiger partial charge in [-0.15, -0.1) is 22.7 Å². The minimum absolute atomic E-state index is 0.0518. The van der Waals surface area contributed by atoms with E-state index in [1.165, 1.54) is 59.6 Å². The number of rotatable bonds is 18. The van der Waals surface area contributed by atoms with E-state index in [1.54, 1.807) is 68.7 Å². The zero-order valence-corrected chi connectivity index (χ0v) is 46.7.